The summed E-state index contributed by atoms with van der Waals surface area (Å²) >= 11 is 0. The summed E-state index contributed by atoms with van der Waals surface area (Å²) in [7, 11) is 0. The SMILES string of the molecule is c1ccc2c(c1)ccc1[nH]c(CCCc3nc4c(ccc5ccccc54)[nH]3)nc12. The van der Waals surface area contributed by atoms with Crippen molar-refractivity contribution >= 4 is 43.6 Å². The number of nitrogens with one attached hydrogen (secondary N) is 2. The first-order valence-electron chi connectivity index (χ1n) is 10.1. The average molecular weight is 376 g/mol. The lowest BCUT2D eigenvalue weighted by molar-refractivity contribution is 0.759. The van der Waals surface area contributed by atoms with Gasteiger partial charge in [0.25, 0.3) is 0 Å². The van der Waals surface area contributed by atoms with Crippen molar-refractivity contribution in [1.29, 1.82) is 0 Å². The van der Waals surface area contributed by atoms with E-state index < -0.39 is 0 Å². The summed E-state index contributed by atoms with van der Waals surface area (Å²) in [6.45, 7) is 0. The van der Waals surface area contributed by atoms with Crippen molar-refractivity contribution in [3.63, 3.8) is 0 Å². The Morgan fingerprint density at radius 3 is 1.55 bits per heavy atom. The molecule has 6 rings (SSSR count). The predicted octanol–water partition coefficient (Wildman–Crippen LogP) is 5.92. The molecule has 0 atom stereocenters. The van der Waals surface area contributed by atoms with Gasteiger partial charge in [-0.25, -0.2) is 9.97 Å². The van der Waals surface area contributed by atoms with Gasteiger partial charge in [-0.05, 0) is 29.3 Å². The summed E-state index contributed by atoms with van der Waals surface area (Å²) in [5.74, 6) is 2.08. The highest BCUT2D eigenvalue weighted by Crippen LogP contribution is 2.25. The van der Waals surface area contributed by atoms with Crippen molar-refractivity contribution in [1.82, 2.24) is 19.9 Å². The molecule has 0 bridgehead atoms. The van der Waals surface area contributed by atoms with Crippen LogP contribution in [0.15, 0.2) is 72.8 Å². The molecule has 2 N–H and O–H groups in total. The molecule has 0 fully saturated rings. The smallest absolute Gasteiger partial charge is 0.107 e. The van der Waals surface area contributed by atoms with Gasteiger partial charge >= 0.3 is 0 Å². The molecule has 2 heterocycles. The topological polar surface area (TPSA) is 57.4 Å². The van der Waals surface area contributed by atoms with Gasteiger partial charge in [-0.3, -0.25) is 0 Å². The average Bonchev–Trinajstić information content (AvgIpc) is 3.37. The highest BCUT2D eigenvalue weighted by molar-refractivity contribution is 6.04. The monoisotopic (exact) mass is 376 g/mol. The largest absolute Gasteiger partial charge is 0.342 e. The van der Waals surface area contributed by atoms with E-state index in [1.54, 1.807) is 0 Å². The standard InChI is InChI=1S/C25H20N4/c1-3-8-18-16(6-1)12-14-20-24(18)28-22(26-20)10-5-11-23-27-21-15-13-17-7-2-4-9-19(17)25(21)29-23/h1-4,6-9,12-15H,5,10-11H2,(H,26,28)(H,27,29). The third kappa shape index (κ3) is 2.76. The lowest BCUT2D eigenvalue weighted by Crippen LogP contribution is -1.93. The van der Waals surface area contributed by atoms with Crippen molar-refractivity contribution in [2.75, 3.05) is 0 Å². The van der Waals surface area contributed by atoms with Gasteiger partial charge < -0.3 is 9.97 Å². The molecule has 2 aromatic heterocycles. The van der Waals surface area contributed by atoms with Crippen LogP contribution in [0.1, 0.15) is 18.1 Å². The first-order chi connectivity index (χ1) is 14.3. The number of fused-ring (bicyclic) bond motifs is 6. The van der Waals surface area contributed by atoms with Crippen LogP contribution in [0.3, 0.4) is 0 Å². The number of benzene rings is 4. The molecule has 0 saturated heterocycles. The van der Waals surface area contributed by atoms with Crippen LogP contribution in [0.2, 0.25) is 0 Å². The lowest BCUT2D eigenvalue weighted by Gasteiger charge is -1.96. The molecule has 29 heavy (non-hydrogen) atoms. The van der Waals surface area contributed by atoms with Gasteiger partial charge in [-0.1, -0.05) is 60.7 Å². The summed E-state index contributed by atoms with van der Waals surface area (Å²) in [4.78, 5) is 16.7. The number of aryl methyl sites for hydroxylation is 2. The van der Waals surface area contributed by atoms with E-state index in [4.69, 9.17) is 9.97 Å². The summed E-state index contributed by atoms with van der Waals surface area (Å²) in [5, 5.41) is 4.87. The van der Waals surface area contributed by atoms with Crippen molar-refractivity contribution in [3.8, 4) is 0 Å². The van der Waals surface area contributed by atoms with Crippen LogP contribution in [-0.4, -0.2) is 19.9 Å². The maximum absolute atomic E-state index is 4.87. The van der Waals surface area contributed by atoms with Crippen LogP contribution in [-0.2, 0) is 12.8 Å². The molecule has 0 spiro atoms. The fourth-order valence-electron chi connectivity index (χ4n) is 4.25. The van der Waals surface area contributed by atoms with Crippen molar-refractivity contribution in [3.05, 3.63) is 84.4 Å². The quantitative estimate of drug-likeness (QED) is 0.401. The number of hydrogen-bond donors (Lipinski definition) is 2. The van der Waals surface area contributed by atoms with Crippen molar-refractivity contribution in [2.45, 2.75) is 19.3 Å². The van der Waals surface area contributed by atoms with Crippen LogP contribution in [0.4, 0.5) is 0 Å². The molecule has 140 valence electrons. The van der Waals surface area contributed by atoms with E-state index in [1.807, 2.05) is 0 Å². The fourth-order valence-corrected chi connectivity index (χ4v) is 4.25. The molecule has 6 aromatic rings. The fraction of sp³-hybridized carbons (Fsp3) is 0.120. The van der Waals surface area contributed by atoms with E-state index in [2.05, 4.69) is 82.8 Å². The van der Waals surface area contributed by atoms with Crippen LogP contribution in [0.25, 0.3) is 43.6 Å². The Morgan fingerprint density at radius 2 is 1.03 bits per heavy atom. The van der Waals surface area contributed by atoms with Crippen molar-refractivity contribution < 1.29 is 0 Å². The molecule has 0 saturated carbocycles. The molecule has 0 aliphatic carbocycles. The van der Waals surface area contributed by atoms with E-state index in [1.165, 1.54) is 21.5 Å². The minimum Gasteiger partial charge on any atom is -0.342 e. The molecule has 0 radical (unpaired) electrons. The zero-order chi connectivity index (χ0) is 19.2. The first-order valence-corrected chi connectivity index (χ1v) is 10.1. The molecule has 0 unspecified atom stereocenters. The van der Waals surface area contributed by atoms with Crippen LogP contribution in [0.5, 0.6) is 0 Å². The maximum atomic E-state index is 4.87. The summed E-state index contributed by atoms with van der Waals surface area (Å²) in [6.07, 6.45) is 2.80. The molecule has 0 aliphatic rings. The molecule has 0 amide bonds. The van der Waals surface area contributed by atoms with E-state index in [9.17, 15) is 0 Å². The Bertz CT molecular complexity index is 1380. The van der Waals surface area contributed by atoms with E-state index >= 15 is 0 Å². The number of aromatic amines is 2. The number of rotatable bonds is 4. The number of aromatic nitrogens is 4. The lowest BCUT2D eigenvalue weighted by atomic mass is 10.1. The van der Waals surface area contributed by atoms with Gasteiger partial charge in [0.15, 0.2) is 0 Å². The summed E-state index contributed by atoms with van der Waals surface area (Å²) < 4.78 is 0. The molecule has 4 heteroatoms. The second-order valence-electron chi connectivity index (χ2n) is 7.59. The Hall–Kier alpha value is -3.66. The van der Waals surface area contributed by atoms with Gasteiger partial charge in [0, 0.05) is 23.6 Å². The van der Waals surface area contributed by atoms with Gasteiger partial charge in [-0.15, -0.1) is 0 Å². The Balaban J connectivity index is 1.25. The summed E-state index contributed by atoms with van der Waals surface area (Å²) in [6, 6.07) is 25.4. The van der Waals surface area contributed by atoms with Gasteiger partial charge in [0.1, 0.15) is 11.6 Å². The van der Waals surface area contributed by atoms with Gasteiger partial charge in [0.2, 0.25) is 0 Å². The minimum absolute atomic E-state index is 0.904. The third-order valence-electron chi connectivity index (χ3n) is 5.68. The zero-order valence-corrected chi connectivity index (χ0v) is 15.9. The second kappa shape index (κ2) is 6.45. The number of H-pyrrole nitrogens is 2. The minimum atomic E-state index is 0.904. The Kier molecular flexibility index (Phi) is 3.63. The first kappa shape index (κ1) is 16.3. The van der Waals surface area contributed by atoms with E-state index in [0.29, 0.717) is 0 Å². The maximum Gasteiger partial charge on any atom is 0.107 e. The highest BCUT2D eigenvalue weighted by Gasteiger charge is 2.09. The Morgan fingerprint density at radius 1 is 0.552 bits per heavy atom. The second-order valence-corrected chi connectivity index (χ2v) is 7.59. The Labute approximate surface area is 167 Å². The van der Waals surface area contributed by atoms with E-state index in [0.717, 1.165) is 53.0 Å². The zero-order valence-electron chi connectivity index (χ0n) is 15.9. The number of hydrogen-bond acceptors (Lipinski definition) is 2. The highest BCUT2D eigenvalue weighted by atomic mass is 14.9. The van der Waals surface area contributed by atoms with Crippen LogP contribution in [0, 0.1) is 0 Å². The van der Waals surface area contributed by atoms with Gasteiger partial charge in [0.05, 0.1) is 22.1 Å². The normalized spacial score (nSPS) is 11.9. The predicted molar refractivity (Wildman–Crippen MR) is 119 cm³/mol. The van der Waals surface area contributed by atoms with Crippen LogP contribution < -0.4 is 0 Å². The molecule has 4 nitrogen and oxygen atoms in total. The summed E-state index contributed by atoms with van der Waals surface area (Å²) in [5.41, 5.74) is 4.34. The van der Waals surface area contributed by atoms with Crippen molar-refractivity contribution in [2.24, 2.45) is 0 Å². The molecular formula is C25H20N4. The van der Waals surface area contributed by atoms with Crippen LogP contribution >= 0.6 is 0 Å². The molecule has 0 aliphatic heterocycles. The number of nitrogens with zero attached hydrogens (tertiary/aromatic N) is 2. The number of imidazole rings is 2. The molecule has 4 aromatic carbocycles. The third-order valence-corrected chi connectivity index (χ3v) is 5.68. The van der Waals surface area contributed by atoms with E-state index in [-0.39, 0.29) is 0 Å². The van der Waals surface area contributed by atoms with Gasteiger partial charge in [-0.2, -0.15) is 0 Å². The molecular weight excluding hydrogens is 356 g/mol.